The predicted octanol–water partition coefficient (Wildman–Crippen LogP) is 4.82. The number of hydrogen-bond donors (Lipinski definition) is 3. The lowest BCUT2D eigenvalue weighted by Gasteiger charge is -2.29. The lowest BCUT2D eigenvalue weighted by atomic mass is 9.91. The van der Waals surface area contributed by atoms with E-state index >= 15 is 0 Å². The van der Waals surface area contributed by atoms with Crippen LogP contribution in [0.2, 0.25) is 0 Å². The Labute approximate surface area is 261 Å². The molecule has 4 heterocycles. The number of carbonyl (C=O) groups is 1. The van der Waals surface area contributed by atoms with Gasteiger partial charge in [-0.3, -0.25) is 0 Å². The molecule has 0 bridgehead atoms. The molecule has 5 aromatic rings. The number of fused-ring (bicyclic) bond motifs is 2. The number of nitrogens with one attached hydrogen (secondary N) is 2. The molecule has 12 nitrogen and oxygen atoms in total. The van der Waals surface area contributed by atoms with Gasteiger partial charge in [-0.2, -0.15) is 0 Å². The largest absolute Gasteiger partial charge is 0.491 e. The van der Waals surface area contributed by atoms with Crippen LogP contribution in [0.25, 0.3) is 33.3 Å². The highest BCUT2D eigenvalue weighted by molar-refractivity contribution is 7.90. The van der Waals surface area contributed by atoms with Crippen LogP contribution in [-0.4, -0.2) is 64.4 Å². The van der Waals surface area contributed by atoms with Gasteiger partial charge in [-0.05, 0) is 62.4 Å². The SMILES string of the molecule is COc1cc2c(nc1OC)c(-c1cc3c(CNC4CCC(NC(=O)O)CC4)ccnc3n1S(=O)(=O)c1ccc(C)cc1)cn2C. The fraction of sp³-hybridized carbons (Fsp3) is 0.344. The first-order valence-corrected chi connectivity index (χ1v) is 16.2. The lowest BCUT2D eigenvalue weighted by Crippen LogP contribution is -2.41. The molecule has 0 saturated heterocycles. The highest BCUT2D eigenvalue weighted by atomic mass is 32.2. The molecule has 1 aromatic carbocycles. The number of carboxylic acid groups (broad SMARTS) is 1. The standard InChI is InChI=1S/C32H36N6O6S/c1-19-5-11-23(12-6-19)45(41,42)38-26(25-18-37(2)27-16-28(43-3)31(44-4)36-29(25)27)15-24-20(13-14-33-30(24)38)17-34-21-7-9-22(10-8-21)35-32(39)40/h5-6,11-16,18,21-22,34-35H,7-10,17H2,1-4H3,(H,39,40). The Balaban J connectivity index is 1.47. The molecule has 1 saturated carbocycles. The number of aryl methyl sites for hydroxylation is 2. The van der Waals surface area contributed by atoms with Gasteiger partial charge in [0.15, 0.2) is 11.4 Å². The van der Waals surface area contributed by atoms with Gasteiger partial charge in [0.05, 0.1) is 30.3 Å². The maximum absolute atomic E-state index is 14.4. The van der Waals surface area contributed by atoms with E-state index in [-0.39, 0.29) is 22.9 Å². The zero-order chi connectivity index (χ0) is 31.9. The summed E-state index contributed by atoms with van der Waals surface area (Å²) in [4.78, 5) is 20.5. The molecular formula is C32H36N6O6S. The minimum Gasteiger partial charge on any atom is -0.491 e. The van der Waals surface area contributed by atoms with E-state index in [4.69, 9.17) is 19.6 Å². The Morgan fingerprint density at radius 1 is 1.04 bits per heavy atom. The Morgan fingerprint density at radius 3 is 2.42 bits per heavy atom. The van der Waals surface area contributed by atoms with Crippen molar-refractivity contribution in [2.24, 2.45) is 7.05 Å². The van der Waals surface area contributed by atoms with Gasteiger partial charge in [0.25, 0.3) is 15.9 Å². The smallest absolute Gasteiger partial charge is 0.404 e. The van der Waals surface area contributed by atoms with Crippen molar-refractivity contribution in [1.29, 1.82) is 0 Å². The molecule has 1 fully saturated rings. The van der Waals surface area contributed by atoms with Crippen LogP contribution in [0.1, 0.15) is 36.8 Å². The van der Waals surface area contributed by atoms with Gasteiger partial charge >= 0.3 is 6.09 Å². The summed E-state index contributed by atoms with van der Waals surface area (Å²) in [6.45, 7) is 2.40. The Bertz CT molecular complexity index is 1990. The fourth-order valence-electron chi connectivity index (χ4n) is 6.14. The number of rotatable bonds is 9. The Morgan fingerprint density at radius 2 is 1.76 bits per heavy atom. The van der Waals surface area contributed by atoms with Crippen LogP contribution in [0, 0.1) is 6.92 Å². The summed E-state index contributed by atoms with van der Waals surface area (Å²) in [5.74, 6) is 0.756. The van der Waals surface area contributed by atoms with Crippen molar-refractivity contribution in [2.75, 3.05) is 14.2 Å². The zero-order valence-corrected chi connectivity index (χ0v) is 26.4. The van der Waals surface area contributed by atoms with Crippen LogP contribution >= 0.6 is 0 Å². The van der Waals surface area contributed by atoms with E-state index in [2.05, 4.69) is 15.6 Å². The summed E-state index contributed by atoms with van der Waals surface area (Å²) < 4.78 is 42.9. The van der Waals surface area contributed by atoms with E-state index in [1.165, 1.54) is 11.1 Å². The van der Waals surface area contributed by atoms with Gasteiger partial charge in [-0.25, -0.2) is 27.2 Å². The van der Waals surface area contributed by atoms with E-state index in [9.17, 15) is 13.2 Å². The molecule has 236 valence electrons. The number of pyridine rings is 2. The molecule has 4 aromatic heterocycles. The molecule has 45 heavy (non-hydrogen) atoms. The zero-order valence-electron chi connectivity index (χ0n) is 25.6. The highest BCUT2D eigenvalue weighted by Crippen LogP contribution is 2.39. The molecule has 0 aliphatic heterocycles. The minimum absolute atomic E-state index is 0.0374. The topological polar surface area (TPSA) is 150 Å². The summed E-state index contributed by atoms with van der Waals surface area (Å²) >= 11 is 0. The van der Waals surface area contributed by atoms with Crippen LogP contribution in [0.15, 0.2) is 59.8 Å². The predicted molar refractivity (Wildman–Crippen MR) is 170 cm³/mol. The van der Waals surface area contributed by atoms with Gasteiger partial charge in [-0.1, -0.05) is 17.7 Å². The molecule has 3 N–H and O–H groups in total. The van der Waals surface area contributed by atoms with Gasteiger partial charge in [0, 0.05) is 55.1 Å². The molecule has 0 atom stereocenters. The summed E-state index contributed by atoms with van der Waals surface area (Å²) in [6.07, 6.45) is 5.67. The van der Waals surface area contributed by atoms with Crippen molar-refractivity contribution in [3.05, 3.63) is 66.0 Å². The Kier molecular flexibility index (Phi) is 8.14. The number of ether oxygens (including phenoxy) is 2. The van der Waals surface area contributed by atoms with Crippen LogP contribution in [0.3, 0.4) is 0 Å². The van der Waals surface area contributed by atoms with Gasteiger partial charge in [-0.15, -0.1) is 0 Å². The summed E-state index contributed by atoms with van der Waals surface area (Å²) in [7, 11) is 0.835. The fourth-order valence-corrected chi connectivity index (χ4v) is 7.61. The second kappa shape index (κ2) is 12.1. The molecule has 1 aliphatic rings. The van der Waals surface area contributed by atoms with Gasteiger partial charge in [0.1, 0.15) is 5.52 Å². The van der Waals surface area contributed by atoms with E-state index in [0.717, 1.165) is 42.3 Å². The van der Waals surface area contributed by atoms with Crippen LogP contribution in [0.5, 0.6) is 11.6 Å². The molecule has 6 rings (SSSR count). The van der Waals surface area contributed by atoms with Gasteiger partial charge < -0.3 is 29.8 Å². The third-order valence-electron chi connectivity index (χ3n) is 8.53. The average Bonchev–Trinajstić information content (AvgIpc) is 3.58. The normalized spacial score (nSPS) is 17.1. The minimum atomic E-state index is -4.09. The first-order chi connectivity index (χ1) is 21.6. The molecular weight excluding hydrogens is 596 g/mol. The number of nitrogens with zero attached hydrogens (tertiary/aromatic N) is 4. The van der Waals surface area contributed by atoms with Gasteiger partial charge in [0.2, 0.25) is 0 Å². The van der Waals surface area contributed by atoms with Crippen molar-refractivity contribution >= 4 is 38.2 Å². The number of benzene rings is 1. The first kappa shape index (κ1) is 30.4. The lowest BCUT2D eigenvalue weighted by molar-refractivity contribution is 0.183. The summed E-state index contributed by atoms with van der Waals surface area (Å²) in [5, 5.41) is 15.9. The Hall–Kier alpha value is -4.62. The van der Waals surface area contributed by atoms with E-state index in [1.54, 1.807) is 37.6 Å². The average molecular weight is 633 g/mol. The van der Waals surface area contributed by atoms with Crippen LogP contribution in [-0.2, 0) is 23.6 Å². The quantitative estimate of drug-likeness (QED) is 0.208. The van der Waals surface area contributed by atoms with Crippen LogP contribution in [0.4, 0.5) is 4.79 Å². The van der Waals surface area contributed by atoms with Crippen molar-refractivity contribution in [3.63, 3.8) is 0 Å². The van der Waals surface area contributed by atoms with E-state index < -0.39 is 16.1 Å². The first-order valence-electron chi connectivity index (χ1n) is 14.7. The third-order valence-corrected chi connectivity index (χ3v) is 10.2. The molecule has 1 amide bonds. The number of methoxy groups -OCH3 is 2. The number of amides is 1. The molecule has 13 heteroatoms. The maximum Gasteiger partial charge on any atom is 0.404 e. The molecule has 0 unspecified atom stereocenters. The second-order valence-corrected chi connectivity index (χ2v) is 13.2. The molecule has 0 radical (unpaired) electrons. The van der Waals surface area contributed by atoms with Crippen molar-refractivity contribution in [3.8, 4) is 22.9 Å². The van der Waals surface area contributed by atoms with E-state index in [0.29, 0.717) is 40.1 Å². The summed E-state index contributed by atoms with van der Waals surface area (Å²) in [6, 6.07) is 12.5. The molecule has 0 spiro atoms. The highest BCUT2D eigenvalue weighted by Gasteiger charge is 2.29. The van der Waals surface area contributed by atoms with Crippen molar-refractivity contribution in [1.82, 2.24) is 29.1 Å². The maximum atomic E-state index is 14.4. The van der Waals surface area contributed by atoms with E-state index in [1.807, 2.05) is 42.9 Å². The monoisotopic (exact) mass is 632 g/mol. The third kappa shape index (κ3) is 5.69. The molecule has 1 aliphatic carbocycles. The van der Waals surface area contributed by atoms with Crippen molar-refractivity contribution < 1.29 is 27.8 Å². The second-order valence-electron chi connectivity index (χ2n) is 11.4. The number of hydrogen-bond acceptors (Lipinski definition) is 8. The van der Waals surface area contributed by atoms with Crippen molar-refractivity contribution in [2.45, 2.75) is 56.1 Å². The summed E-state index contributed by atoms with van der Waals surface area (Å²) in [5.41, 5.74) is 4.50. The van der Waals surface area contributed by atoms with Crippen LogP contribution < -0.4 is 20.1 Å². The number of aromatic nitrogens is 4.